The highest BCUT2D eigenvalue weighted by Gasteiger charge is 2.42. The molecule has 0 amide bonds. The van der Waals surface area contributed by atoms with Crippen molar-refractivity contribution in [1.29, 1.82) is 5.26 Å². The largest absolute Gasteiger partial charge is 0.478 e. The Morgan fingerprint density at radius 1 is 1.37 bits per heavy atom. The second kappa shape index (κ2) is 8.98. The number of pyridine rings is 1. The van der Waals surface area contributed by atoms with E-state index in [0.29, 0.717) is 11.3 Å². The number of carboxylic acids is 1. The number of nitriles is 1. The van der Waals surface area contributed by atoms with E-state index in [1.54, 1.807) is 43.1 Å². The normalized spacial score (nSPS) is 18.2. The second-order valence-corrected chi connectivity index (χ2v) is 8.97. The van der Waals surface area contributed by atoms with E-state index in [1.807, 2.05) is 12.1 Å². The van der Waals surface area contributed by atoms with Crippen LogP contribution in [0.1, 0.15) is 53.4 Å². The first kappa shape index (κ1) is 24.1. The number of nitrogens with zero attached hydrogens (tertiary/aromatic N) is 4. The Balaban J connectivity index is 1.84. The number of rotatable bonds is 5. The topological polar surface area (TPSA) is 111 Å². The van der Waals surface area contributed by atoms with Crippen molar-refractivity contribution in [2.45, 2.75) is 39.2 Å². The molecule has 35 heavy (non-hydrogen) atoms. The fraction of sp³-hybridized carbons (Fsp3) is 0.360. The number of para-hydroxylation sites is 1. The van der Waals surface area contributed by atoms with Gasteiger partial charge < -0.3 is 15.3 Å². The van der Waals surface area contributed by atoms with Gasteiger partial charge in [0.1, 0.15) is 11.7 Å². The lowest BCUT2D eigenvalue weighted by molar-refractivity contribution is -0.0652. The fourth-order valence-corrected chi connectivity index (χ4v) is 4.43. The summed E-state index contributed by atoms with van der Waals surface area (Å²) in [5.74, 6) is -4.79. The summed E-state index contributed by atoms with van der Waals surface area (Å²) in [6.07, 6.45) is 1.18. The third-order valence-corrected chi connectivity index (χ3v) is 6.41. The molecule has 1 aliphatic heterocycles. The molecule has 10 heteroatoms. The molecule has 3 heterocycles. The van der Waals surface area contributed by atoms with Gasteiger partial charge in [0.25, 0.3) is 11.5 Å². The van der Waals surface area contributed by atoms with E-state index in [-0.39, 0.29) is 35.7 Å². The SMILES string of the molecule is Cc1cc([C@@H](C)Nc2ccccc2C(=O)O)c2nc(N3CCC(F)(F)[C@H](C)C3)c(C#N)c(=O)n2c1. The zero-order valence-electron chi connectivity index (χ0n) is 19.5. The van der Waals surface area contributed by atoms with E-state index in [4.69, 9.17) is 0 Å². The molecule has 0 radical (unpaired) electrons. The van der Waals surface area contributed by atoms with Crippen LogP contribution in [0.15, 0.2) is 41.3 Å². The van der Waals surface area contributed by atoms with Crippen LogP contribution in [0.25, 0.3) is 5.65 Å². The molecular formula is C25H25F2N5O3. The summed E-state index contributed by atoms with van der Waals surface area (Å²) in [5.41, 5.74) is 1.32. The van der Waals surface area contributed by atoms with Crippen molar-refractivity contribution < 1.29 is 18.7 Å². The van der Waals surface area contributed by atoms with E-state index in [2.05, 4.69) is 10.3 Å². The minimum Gasteiger partial charge on any atom is -0.478 e. The minimum absolute atomic E-state index is 0.0321. The molecule has 2 N–H and O–H groups in total. The van der Waals surface area contributed by atoms with Gasteiger partial charge >= 0.3 is 5.97 Å². The number of aromatic nitrogens is 2. The first-order chi connectivity index (χ1) is 16.5. The predicted molar refractivity (Wildman–Crippen MR) is 127 cm³/mol. The summed E-state index contributed by atoms with van der Waals surface area (Å²) in [7, 11) is 0. The Morgan fingerprint density at radius 2 is 2.09 bits per heavy atom. The van der Waals surface area contributed by atoms with Crippen LogP contribution in [-0.4, -0.2) is 39.5 Å². The van der Waals surface area contributed by atoms with Crippen molar-refractivity contribution >= 4 is 23.1 Å². The zero-order valence-corrected chi connectivity index (χ0v) is 19.5. The number of hydrogen-bond acceptors (Lipinski definition) is 6. The molecule has 1 aliphatic rings. The third-order valence-electron chi connectivity index (χ3n) is 6.41. The molecular weight excluding hydrogens is 456 g/mol. The van der Waals surface area contributed by atoms with Crippen LogP contribution in [0, 0.1) is 24.2 Å². The van der Waals surface area contributed by atoms with Crippen LogP contribution >= 0.6 is 0 Å². The van der Waals surface area contributed by atoms with Gasteiger partial charge in [-0.05, 0) is 37.6 Å². The lowest BCUT2D eigenvalue weighted by Crippen LogP contribution is -2.47. The maximum atomic E-state index is 14.1. The van der Waals surface area contributed by atoms with Crippen LogP contribution in [0.3, 0.4) is 0 Å². The Bertz CT molecular complexity index is 1410. The molecule has 1 fully saturated rings. The van der Waals surface area contributed by atoms with Gasteiger partial charge in [-0.1, -0.05) is 19.1 Å². The number of halogens is 2. The molecule has 8 nitrogen and oxygen atoms in total. The van der Waals surface area contributed by atoms with Crippen LogP contribution in [0.2, 0.25) is 0 Å². The van der Waals surface area contributed by atoms with E-state index in [0.717, 1.165) is 5.56 Å². The summed E-state index contributed by atoms with van der Waals surface area (Å²) in [4.78, 5) is 31.1. The number of aryl methyl sites for hydroxylation is 1. The van der Waals surface area contributed by atoms with Crippen molar-refractivity contribution in [3.63, 3.8) is 0 Å². The Hall–Kier alpha value is -4.00. The number of anilines is 2. The van der Waals surface area contributed by atoms with Gasteiger partial charge in [0.05, 0.1) is 11.6 Å². The molecule has 1 aromatic carbocycles. The maximum absolute atomic E-state index is 14.1. The summed E-state index contributed by atoms with van der Waals surface area (Å²) < 4.78 is 29.5. The molecule has 0 spiro atoms. The molecule has 0 aliphatic carbocycles. The van der Waals surface area contributed by atoms with Crippen LogP contribution in [-0.2, 0) is 0 Å². The van der Waals surface area contributed by atoms with Gasteiger partial charge in [0.2, 0.25) is 0 Å². The zero-order chi connectivity index (χ0) is 25.5. The fourth-order valence-electron chi connectivity index (χ4n) is 4.43. The standard InChI is InChI=1S/C25H25F2N5O3/c1-14-10-18(16(3)29-20-7-5-4-6-17(20)24(34)35)22-30-21(19(11-28)23(33)32(22)12-14)31-9-8-25(26,27)15(2)13-31/h4-7,10,12,15-16,29H,8-9,13H2,1-3H3,(H,34,35)/t15-,16-/m1/s1. The molecule has 0 saturated carbocycles. The molecule has 0 bridgehead atoms. The Morgan fingerprint density at radius 3 is 2.74 bits per heavy atom. The molecule has 1 saturated heterocycles. The van der Waals surface area contributed by atoms with E-state index in [1.165, 1.54) is 17.4 Å². The Kier molecular flexibility index (Phi) is 6.19. The van der Waals surface area contributed by atoms with Gasteiger partial charge in [0.15, 0.2) is 11.4 Å². The van der Waals surface area contributed by atoms with Crippen molar-refractivity contribution in [3.8, 4) is 6.07 Å². The van der Waals surface area contributed by atoms with Crippen LogP contribution in [0.4, 0.5) is 20.3 Å². The average Bonchev–Trinajstić information content (AvgIpc) is 2.81. The molecule has 4 rings (SSSR count). The highest BCUT2D eigenvalue weighted by Crippen LogP contribution is 2.35. The average molecular weight is 482 g/mol. The van der Waals surface area contributed by atoms with Gasteiger partial charge in [0, 0.05) is 42.9 Å². The minimum atomic E-state index is -2.83. The summed E-state index contributed by atoms with van der Waals surface area (Å²) in [5, 5.41) is 22.4. The first-order valence-electron chi connectivity index (χ1n) is 11.2. The predicted octanol–water partition coefficient (Wildman–Crippen LogP) is 4.23. The van der Waals surface area contributed by atoms with Crippen LogP contribution < -0.4 is 15.8 Å². The number of aromatic carboxylic acids is 1. The molecule has 182 valence electrons. The maximum Gasteiger partial charge on any atom is 0.337 e. The number of carboxylic acid groups (broad SMARTS) is 1. The molecule has 2 aromatic heterocycles. The van der Waals surface area contributed by atoms with Gasteiger partial charge in [-0.25, -0.2) is 18.6 Å². The van der Waals surface area contributed by atoms with Crippen molar-refractivity contribution in [2.75, 3.05) is 23.3 Å². The van der Waals surface area contributed by atoms with Crippen molar-refractivity contribution in [1.82, 2.24) is 9.38 Å². The van der Waals surface area contributed by atoms with E-state index >= 15 is 0 Å². The molecule has 2 atom stereocenters. The lowest BCUT2D eigenvalue weighted by atomic mass is 9.95. The quantitative estimate of drug-likeness (QED) is 0.561. The number of nitrogens with one attached hydrogen (secondary N) is 1. The van der Waals surface area contributed by atoms with Crippen LogP contribution in [0.5, 0.6) is 0 Å². The number of fused-ring (bicyclic) bond motifs is 1. The summed E-state index contributed by atoms with van der Waals surface area (Å²) >= 11 is 0. The Labute approximate surface area is 200 Å². The number of piperidine rings is 1. The monoisotopic (exact) mass is 481 g/mol. The van der Waals surface area contributed by atoms with Gasteiger partial charge in [-0.15, -0.1) is 0 Å². The molecule has 0 unspecified atom stereocenters. The summed E-state index contributed by atoms with van der Waals surface area (Å²) in [6, 6.07) is 9.73. The highest BCUT2D eigenvalue weighted by molar-refractivity contribution is 5.94. The van der Waals surface area contributed by atoms with Gasteiger partial charge in [-0.3, -0.25) is 9.20 Å². The van der Waals surface area contributed by atoms with Crippen molar-refractivity contribution in [3.05, 3.63) is 69.1 Å². The lowest BCUT2D eigenvalue weighted by Gasteiger charge is -2.37. The number of carbonyl (C=O) groups is 1. The number of alkyl halides is 2. The number of benzene rings is 1. The van der Waals surface area contributed by atoms with Gasteiger partial charge in [-0.2, -0.15) is 5.26 Å². The highest BCUT2D eigenvalue weighted by atomic mass is 19.3. The third kappa shape index (κ3) is 4.41. The second-order valence-electron chi connectivity index (χ2n) is 8.97. The summed E-state index contributed by atoms with van der Waals surface area (Å²) in [6.45, 7) is 4.97. The molecule has 3 aromatic rings. The first-order valence-corrected chi connectivity index (χ1v) is 11.2. The van der Waals surface area contributed by atoms with E-state index < -0.39 is 35.8 Å². The van der Waals surface area contributed by atoms with E-state index in [9.17, 15) is 28.7 Å². The number of hydrogen-bond donors (Lipinski definition) is 2. The van der Waals surface area contributed by atoms with Crippen molar-refractivity contribution in [2.24, 2.45) is 5.92 Å². The smallest absolute Gasteiger partial charge is 0.337 e.